The van der Waals surface area contributed by atoms with Crippen molar-refractivity contribution in [3.05, 3.63) is 0 Å². The van der Waals surface area contributed by atoms with Gasteiger partial charge in [-0.1, -0.05) is 26.2 Å². The number of nitrogens with zero attached hydrogens (tertiary/aromatic N) is 1. The van der Waals surface area contributed by atoms with Crippen molar-refractivity contribution in [2.24, 2.45) is 5.92 Å². The molecule has 1 amide bonds. The van der Waals surface area contributed by atoms with Crippen LogP contribution in [0.15, 0.2) is 0 Å². The van der Waals surface area contributed by atoms with Gasteiger partial charge in [-0.25, -0.2) is 0 Å². The lowest BCUT2D eigenvalue weighted by Gasteiger charge is -2.35. The second kappa shape index (κ2) is 6.39. The molecular formula is C14H26N2O. The van der Waals surface area contributed by atoms with Crippen molar-refractivity contribution in [2.75, 3.05) is 19.6 Å². The van der Waals surface area contributed by atoms with Crippen molar-refractivity contribution in [3.8, 4) is 0 Å². The van der Waals surface area contributed by atoms with Gasteiger partial charge in [-0.05, 0) is 38.1 Å². The Bertz CT molecular complexity index is 241. The second-order valence-corrected chi connectivity index (χ2v) is 5.56. The first kappa shape index (κ1) is 12.9. The first-order valence-electron chi connectivity index (χ1n) is 7.33. The zero-order valence-electron chi connectivity index (χ0n) is 11.1. The van der Waals surface area contributed by atoms with Gasteiger partial charge in [-0.15, -0.1) is 0 Å². The van der Waals surface area contributed by atoms with Gasteiger partial charge in [0, 0.05) is 13.1 Å². The molecule has 17 heavy (non-hydrogen) atoms. The molecule has 0 saturated carbocycles. The summed E-state index contributed by atoms with van der Waals surface area (Å²) in [4.78, 5) is 14.4. The fourth-order valence-corrected chi connectivity index (χ4v) is 3.13. The summed E-state index contributed by atoms with van der Waals surface area (Å²) in [5.74, 6) is 1.23. The van der Waals surface area contributed by atoms with Crippen molar-refractivity contribution in [1.29, 1.82) is 0 Å². The molecule has 0 aromatic rings. The molecule has 0 radical (unpaired) electrons. The predicted molar refractivity (Wildman–Crippen MR) is 69.9 cm³/mol. The summed E-state index contributed by atoms with van der Waals surface area (Å²) in [6.07, 6.45) is 8.51. The van der Waals surface area contributed by atoms with Crippen LogP contribution < -0.4 is 5.32 Å². The van der Waals surface area contributed by atoms with E-state index in [0.29, 0.717) is 5.91 Å². The van der Waals surface area contributed by atoms with Crippen LogP contribution in [0.3, 0.4) is 0 Å². The van der Waals surface area contributed by atoms with Gasteiger partial charge >= 0.3 is 0 Å². The molecule has 3 heteroatoms. The highest BCUT2D eigenvalue weighted by Crippen LogP contribution is 2.22. The lowest BCUT2D eigenvalue weighted by molar-refractivity contribution is -0.135. The van der Waals surface area contributed by atoms with E-state index in [1.54, 1.807) is 0 Å². The van der Waals surface area contributed by atoms with Crippen LogP contribution in [-0.2, 0) is 4.79 Å². The molecular weight excluding hydrogens is 212 g/mol. The van der Waals surface area contributed by atoms with Crippen molar-refractivity contribution in [2.45, 2.75) is 57.9 Å². The van der Waals surface area contributed by atoms with E-state index < -0.39 is 0 Å². The molecule has 1 N–H and O–H groups in total. The third kappa shape index (κ3) is 3.44. The maximum atomic E-state index is 12.3. The largest absolute Gasteiger partial charge is 0.341 e. The summed E-state index contributed by atoms with van der Waals surface area (Å²) in [5.41, 5.74) is 0. The summed E-state index contributed by atoms with van der Waals surface area (Å²) in [7, 11) is 0. The van der Waals surface area contributed by atoms with Gasteiger partial charge in [0.25, 0.3) is 0 Å². The van der Waals surface area contributed by atoms with Crippen LogP contribution in [0, 0.1) is 5.92 Å². The average Bonchev–Trinajstić information content (AvgIpc) is 2.40. The zero-order valence-corrected chi connectivity index (χ0v) is 11.1. The van der Waals surface area contributed by atoms with Gasteiger partial charge in [0.05, 0.1) is 6.04 Å². The van der Waals surface area contributed by atoms with E-state index in [-0.39, 0.29) is 6.04 Å². The van der Waals surface area contributed by atoms with Crippen molar-refractivity contribution in [3.63, 3.8) is 0 Å². The maximum Gasteiger partial charge on any atom is 0.239 e. The van der Waals surface area contributed by atoms with Gasteiger partial charge in [0.2, 0.25) is 5.91 Å². The van der Waals surface area contributed by atoms with Gasteiger partial charge in [0.1, 0.15) is 0 Å². The molecule has 1 atom stereocenters. The molecule has 0 unspecified atom stereocenters. The van der Waals surface area contributed by atoms with Gasteiger partial charge in [-0.3, -0.25) is 4.79 Å². The number of piperidine rings is 2. The first-order chi connectivity index (χ1) is 8.31. The number of hydrogen-bond acceptors (Lipinski definition) is 2. The number of amides is 1. The summed E-state index contributed by atoms with van der Waals surface area (Å²) in [5, 5.41) is 3.36. The molecule has 2 aliphatic rings. The van der Waals surface area contributed by atoms with Gasteiger partial charge in [0.15, 0.2) is 0 Å². The van der Waals surface area contributed by atoms with E-state index in [0.717, 1.165) is 32.0 Å². The molecule has 0 spiro atoms. The minimum atomic E-state index is 0.117. The molecule has 0 aromatic carbocycles. The minimum Gasteiger partial charge on any atom is -0.341 e. The standard InChI is InChI=1S/C14H26N2O/c1-2-5-12-7-10-16(11-8-12)14(17)13-6-3-4-9-15-13/h12-13,15H,2-11H2,1H3/t13-/m0/s1. The normalized spacial score (nSPS) is 27.1. The SMILES string of the molecule is CCCC1CCN(C(=O)[C@@H]2CCCCN2)CC1. The van der Waals surface area contributed by atoms with E-state index in [1.165, 1.54) is 38.5 Å². The predicted octanol–water partition coefficient (Wildman–Crippen LogP) is 2.17. The monoisotopic (exact) mass is 238 g/mol. The molecule has 2 heterocycles. The number of nitrogens with one attached hydrogen (secondary N) is 1. The fraction of sp³-hybridized carbons (Fsp3) is 0.929. The Morgan fingerprint density at radius 2 is 2.00 bits per heavy atom. The summed E-state index contributed by atoms with van der Waals surface area (Å²) in [6.45, 7) is 5.25. The Balaban J connectivity index is 1.77. The number of rotatable bonds is 3. The Morgan fingerprint density at radius 3 is 2.59 bits per heavy atom. The van der Waals surface area contributed by atoms with E-state index in [2.05, 4.69) is 17.1 Å². The Morgan fingerprint density at radius 1 is 1.24 bits per heavy atom. The van der Waals surface area contributed by atoms with Crippen LogP contribution in [0.2, 0.25) is 0 Å². The molecule has 98 valence electrons. The molecule has 0 bridgehead atoms. The topological polar surface area (TPSA) is 32.3 Å². The van der Waals surface area contributed by atoms with Gasteiger partial charge < -0.3 is 10.2 Å². The molecule has 2 fully saturated rings. The average molecular weight is 238 g/mol. The van der Waals surface area contributed by atoms with Crippen molar-refractivity contribution < 1.29 is 4.79 Å². The molecule has 2 rings (SSSR count). The van der Waals surface area contributed by atoms with Crippen molar-refractivity contribution >= 4 is 5.91 Å². The lowest BCUT2D eigenvalue weighted by Crippen LogP contribution is -2.50. The summed E-state index contributed by atoms with van der Waals surface area (Å²) >= 11 is 0. The van der Waals surface area contributed by atoms with Crippen LogP contribution in [0.5, 0.6) is 0 Å². The summed E-state index contributed by atoms with van der Waals surface area (Å²) < 4.78 is 0. The van der Waals surface area contributed by atoms with E-state index in [1.807, 2.05) is 0 Å². The zero-order chi connectivity index (χ0) is 12.1. The maximum absolute atomic E-state index is 12.3. The molecule has 2 aliphatic heterocycles. The number of hydrogen-bond donors (Lipinski definition) is 1. The number of carbonyl (C=O) groups excluding carboxylic acids is 1. The highest BCUT2D eigenvalue weighted by molar-refractivity contribution is 5.82. The molecule has 2 saturated heterocycles. The second-order valence-electron chi connectivity index (χ2n) is 5.56. The lowest BCUT2D eigenvalue weighted by atomic mass is 9.92. The third-order valence-corrected chi connectivity index (χ3v) is 4.23. The minimum absolute atomic E-state index is 0.117. The van der Waals surface area contributed by atoms with Crippen LogP contribution in [0.4, 0.5) is 0 Å². The van der Waals surface area contributed by atoms with Crippen LogP contribution in [-0.4, -0.2) is 36.5 Å². The Labute approximate surface area is 105 Å². The quantitative estimate of drug-likeness (QED) is 0.817. The number of likely N-dealkylation sites (tertiary alicyclic amines) is 1. The molecule has 0 aromatic heterocycles. The first-order valence-corrected chi connectivity index (χ1v) is 7.33. The highest BCUT2D eigenvalue weighted by atomic mass is 16.2. The summed E-state index contributed by atoms with van der Waals surface area (Å²) in [6, 6.07) is 0.117. The Kier molecular flexibility index (Phi) is 4.84. The van der Waals surface area contributed by atoms with Gasteiger partial charge in [-0.2, -0.15) is 0 Å². The van der Waals surface area contributed by atoms with Crippen LogP contribution in [0.25, 0.3) is 0 Å². The van der Waals surface area contributed by atoms with Crippen molar-refractivity contribution in [1.82, 2.24) is 10.2 Å². The van der Waals surface area contributed by atoms with E-state index >= 15 is 0 Å². The van der Waals surface area contributed by atoms with E-state index in [9.17, 15) is 4.79 Å². The smallest absolute Gasteiger partial charge is 0.239 e. The van der Waals surface area contributed by atoms with Crippen LogP contribution >= 0.6 is 0 Å². The molecule has 0 aliphatic carbocycles. The molecule has 3 nitrogen and oxygen atoms in total. The fourth-order valence-electron chi connectivity index (χ4n) is 3.13. The van der Waals surface area contributed by atoms with Crippen LogP contribution in [0.1, 0.15) is 51.9 Å². The third-order valence-electron chi connectivity index (χ3n) is 4.23. The Hall–Kier alpha value is -0.570. The number of carbonyl (C=O) groups is 1. The van der Waals surface area contributed by atoms with E-state index in [4.69, 9.17) is 0 Å². The highest BCUT2D eigenvalue weighted by Gasteiger charge is 2.28.